The smallest absolute Gasteiger partial charge is 0.264 e. The van der Waals surface area contributed by atoms with Gasteiger partial charge in [0.1, 0.15) is 23.3 Å². The van der Waals surface area contributed by atoms with Gasteiger partial charge in [-0.15, -0.1) is 0 Å². The number of carbonyl (C=O) groups excluding carboxylic acids is 1. The maximum absolute atomic E-state index is 14.1. The number of aromatic nitrogens is 1. The SMILES string of the molecule is CC(C)c1cccc(S(=O)(=O)N2C[C@H](CCC(=O)C(C)(C)O)Oc3ccc(-c4cccc(N(C)C)n4)cc32)c1. The minimum atomic E-state index is -3.96. The number of hydrogen-bond acceptors (Lipinski definition) is 7. The molecule has 2 aromatic carbocycles. The first-order chi connectivity index (χ1) is 18.3. The molecule has 0 unspecified atom stereocenters. The Kier molecular flexibility index (Phi) is 8.04. The molecule has 8 nitrogen and oxygen atoms in total. The van der Waals surface area contributed by atoms with Crippen LogP contribution in [0.15, 0.2) is 65.6 Å². The van der Waals surface area contributed by atoms with Crippen LogP contribution in [-0.4, -0.2) is 56.6 Å². The second kappa shape index (κ2) is 11.0. The van der Waals surface area contributed by atoms with Crippen LogP contribution in [-0.2, 0) is 14.8 Å². The lowest BCUT2D eigenvalue weighted by molar-refractivity contribution is -0.134. The van der Waals surface area contributed by atoms with Crippen LogP contribution in [0.3, 0.4) is 0 Å². The average molecular weight is 552 g/mol. The van der Waals surface area contributed by atoms with E-state index < -0.39 is 21.7 Å². The summed E-state index contributed by atoms with van der Waals surface area (Å²) >= 11 is 0. The normalized spacial score (nSPS) is 15.6. The zero-order chi connectivity index (χ0) is 28.5. The molecule has 1 atom stereocenters. The third kappa shape index (κ3) is 6.25. The number of benzene rings is 2. The van der Waals surface area contributed by atoms with Gasteiger partial charge in [0.05, 0.1) is 22.8 Å². The summed E-state index contributed by atoms with van der Waals surface area (Å²) in [5.41, 5.74) is 1.35. The van der Waals surface area contributed by atoms with Gasteiger partial charge in [0.15, 0.2) is 5.78 Å². The van der Waals surface area contributed by atoms with Crippen LogP contribution in [0.5, 0.6) is 5.75 Å². The highest BCUT2D eigenvalue weighted by Gasteiger charge is 2.36. The Balaban J connectivity index is 1.77. The number of Topliss-reactive ketones (excluding diaryl/α,β-unsaturated/α-hetero) is 1. The topological polar surface area (TPSA) is 100 Å². The molecule has 0 amide bonds. The van der Waals surface area contributed by atoms with Crippen LogP contribution in [0.1, 0.15) is 52.0 Å². The van der Waals surface area contributed by atoms with Crippen LogP contribution >= 0.6 is 0 Å². The Morgan fingerprint density at radius 2 is 1.85 bits per heavy atom. The predicted molar refractivity (Wildman–Crippen MR) is 154 cm³/mol. The van der Waals surface area contributed by atoms with E-state index in [1.165, 1.54) is 18.2 Å². The highest BCUT2D eigenvalue weighted by atomic mass is 32.2. The number of sulfonamides is 1. The fourth-order valence-electron chi connectivity index (χ4n) is 4.44. The van der Waals surface area contributed by atoms with Gasteiger partial charge in [0.25, 0.3) is 10.0 Å². The number of rotatable bonds is 9. The molecule has 1 aliphatic heterocycles. The number of fused-ring (bicyclic) bond motifs is 1. The molecule has 0 bridgehead atoms. The fourth-order valence-corrected chi connectivity index (χ4v) is 6.00. The largest absolute Gasteiger partial charge is 0.486 e. The van der Waals surface area contributed by atoms with Gasteiger partial charge < -0.3 is 14.7 Å². The Morgan fingerprint density at radius 3 is 2.51 bits per heavy atom. The number of aliphatic hydroxyl groups is 1. The van der Waals surface area contributed by atoms with Crippen LogP contribution in [0.2, 0.25) is 0 Å². The van der Waals surface area contributed by atoms with Crippen molar-refractivity contribution in [2.24, 2.45) is 0 Å². The van der Waals surface area contributed by atoms with E-state index in [0.717, 1.165) is 16.9 Å². The monoisotopic (exact) mass is 551 g/mol. The van der Waals surface area contributed by atoms with Gasteiger partial charge in [-0.2, -0.15) is 0 Å². The van der Waals surface area contributed by atoms with E-state index in [1.807, 2.05) is 63.2 Å². The second-order valence-electron chi connectivity index (χ2n) is 11.0. The number of anilines is 2. The van der Waals surface area contributed by atoms with Crippen LogP contribution in [0, 0.1) is 0 Å². The molecule has 1 aliphatic rings. The van der Waals surface area contributed by atoms with E-state index in [0.29, 0.717) is 17.1 Å². The molecule has 0 spiro atoms. The average Bonchev–Trinajstić information content (AvgIpc) is 2.90. The van der Waals surface area contributed by atoms with Gasteiger partial charge in [-0.3, -0.25) is 9.10 Å². The molecule has 3 aromatic rings. The van der Waals surface area contributed by atoms with E-state index in [-0.39, 0.29) is 36.0 Å². The number of nitrogens with zero attached hydrogens (tertiary/aromatic N) is 3. The second-order valence-corrected chi connectivity index (χ2v) is 12.8. The van der Waals surface area contributed by atoms with Gasteiger partial charge >= 0.3 is 0 Å². The molecular weight excluding hydrogens is 514 g/mol. The lowest BCUT2D eigenvalue weighted by Crippen LogP contribution is -2.44. The summed E-state index contributed by atoms with van der Waals surface area (Å²) in [5.74, 6) is 1.04. The summed E-state index contributed by atoms with van der Waals surface area (Å²) in [4.78, 5) is 19.2. The zero-order valence-electron chi connectivity index (χ0n) is 23.4. The van der Waals surface area contributed by atoms with Crippen molar-refractivity contribution in [3.8, 4) is 17.0 Å². The van der Waals surface area contributed by atoms with Crippen LogP contribution in [0.25, 0.3) is 11.3 Å². The van der Waals surface area contributed by atoms with Crippen LogP contribution < -0.4 is 13.9 Å². The van der Waals surface area contributed by atoms with E-state index >= 15 is 0 Å². The molecule has 0 saturated carbocycles. The molecule has 9 heteroatoms. The molecule has 0 saturated heterocycles. The van der Waals surface area contributed by atoms with E-state index in [4.69, 9.17) is 9.72 Å². The maximum atomic E-state index is 14.1. The number of pyridine rings is 1. The summed E-state index contributed by atoms with van der Waals surface area (Å²) in [7, 11) is -0.138. The fraction of sp³-hybridized carbons (Fsp3) is 0.400. The summed E-state index contributed by atoms with van der Waals surface area (Å²) in [6.07, 6.45) is -0.221. The number of ether oxygens (including phenoxy) is 1. The third-order valence-electron chi connectivity index (χ3n) is 6.87. The zero-order valence-corrected chi connectivity index (χ0v) is 24.2. The minimum absolute atomic E-state index is 0.0367. The van der Waals surface area contributed by atoms with Crippen molar-refractivity contribution in [2.75, 3.05) is 29.8 Å². The predicted octanol–water partition coefficient (Wildman–Crippen LogP) is 5.01. The third-order valence-corrected chi connectivity index (χ3v) is 8.64. The van der Waals surface area contributed by atoms with Gasteiger partial charge in [-0.1, -0.05) is 32.0 Å². The van der Waals surface area contributed by atoms with Crippen molar-refractivity contribution in [3.63, 3.8) is 0 Å². The summed E-state index contributed by atoms with van der Waals surface area (Å²) in [6, 6.07) is 18.1. The Morgan fingerprint density at radius 1 is 1.13 bits per heavy atom. The summed E-state index contributed by atoms with van der Waals surface area (Å²) < 4.78 is 35.8. The van der Waals surface area contributed by atoms with Crippen molar-refractivity contribution in [1.82, 2.24) is 4.98 Å². The molecule has 2 heterocycles. The first-order valence-electron chi connectivity index (χ1n) is 13.1. The van der Waals surface area contributed by atoms with Gasteiger partial charge in [0.2, 0.25) is 0 Å². The van der Waals surface area contributed by atoms with E-state index in [1.54, 1.807) is 30.3 Å². The van der Waals surface area contributed by atoms with Crippen molar-refractivity contribution >= 4 is 27.3 Å². The highest BCUT2D eigenvalue weighted by Crippen LogP contribution is 2.41. The number of ketones is 1. The molecule has 0 aliphatic carbocycles. The number of hydrogen-bond donors (Lipinski definition) is 1. The lowest BCUT2D eigenvalue weighted by atomic mass is 9.98. The number of carbonyl (C=O) groups is 1. The van der Waals surface area contributed by atoms with Crippen molar-refractivity contribution in [3.05, 3.63) is 66.2 Å². The Hall–Kier alpha value is -3.43. The highest BCUT2D eigenvalue weighted by molar-refractivity contribution is 7.92. The standard InChI is InChI=1S/C30H37N3O5S/c1-20(2)21-9-7-10-24(17-21)39(36,37)33-19-23(14-16-28(34)30(3,4)35)38-27-15-13-22(18-26(27)33)25-11-8-12-29(31-25)32(5)6/h7-13,15,17-18,20,23,35H,14,16,19H2,1-6H3/t23-/m0/s1. The molecule has 39 heavy (non-hydrogen) atoms. The summed E-state index contributed by atoms with van der Waals surface area (Å²) in [5, 5.41) is 10.1. The van der Waals surface area contributed by atoms with Gasteiger partial charge in [-0.05, 0) is 74.2 Å². The quantitative estimate of drug-likeness (QED) is 0.399. The van der Waals surface area contributed by atoms with Crippen LogP contribution in [0.4, 0.5) is 11.5 Å². The molecule has 0 radical (unpaired) electrons. The van der Waals surface area contributed by atoms with E-state index in [9.17, 15) is 18.3 Å². The lowest BCUT2D eigenvalue weighted by Gasteiger charge is -2.36. The molecule has 1 N–H and O–H groups in total. The first kappa shape index (κ1) is 28.6. The Labute approximate surface area is 231 Å². The Bertz CT molecular complexity index is 1460. The molecule has 1 aromatic heterocycles. The minimum Gasteiger partial charge on any atom is -0.486 e. The van der Waals surface area contributed by atoms with Gasteiger partial charge in [-0.25, -0.2) is 13.4 Å². The van der Waals surface area contributed by atoms with Crippen molar-refractivity contribution in [1.29, 1.82) is 0 Å². The van der Waals surface area contributed by atoms with E-state index in [2.05, 4.69) is 0 Å². The molecule has 0 fully saturated rings. The van der Waals surface area contributed by atoms with Crippen molar-refractivity contribution in [2.45, 2.75) is 63.1 Å². The summed E-state index contributed by atoms with van der Waals surface area (Å²) in [6.45, 7) is 6.98. The van der Waals surface area contributed by atoms with Crippen molar-refractivity contribution < 1.29 is 23.1 Å². The molecular formula is C30H37N3O5S. The molecule has 208 valence electrons. The first-order valence-corrected chi connectivity index (χ1v) is 14.5. The van der Waals surface area contributed by atoms with Gasteiger partial charge in [0, 0.05) is 26.1 Å². The molecule has 4 rings (SSSR count). The maximum Gasteiger partial charge on any atom is 0.264 e.